The lowest BCUT2D eigenvalue weighted by Gasteiger charge is -2.22. The standard InChI is InChI=1S/C30H25ClF2N4O4S/c31-25-8-1-2-9-27(25)42(40,41)37-30(39)36-26(15-18-13-21(32)17-22(33)14-18)28-24(7-4-12-34-28)19-5-3-6-20(16-19)29(38)35-23-10-11-23/h1-9,12-14,16-17,23,26H,10-11,15H2,(H,35,38)(H2,36,37,39). The van der Waals surface area contributed by atoms with Gasteiger partial charge in [0, 0.05) is 29.4 Å². The highest BCUT2D eigenvalue weighted by Crippen LogP contribution is 2.30. The summed E-state index contributed by atoms with van der Waals surface area (Å²) in [7, 11) is -4.37. The number of carbonyl (C=O) groups excluding carboxylic acids is 2. The maximum absolute atomic E-state index is 14.1. The maximum atomic E-state index is 14.1. The number of halogens is 3. The molecular formula is C30H25ClF2N4O4S. The van der Waals surface area contributed by atoms with Gasteiger partial charge >= 0.3 is 6.03 Å². The van der Waals surface area contributed by atoms with Crippen LogP contribution in [0.1, 0.15) is 40.5 Å². The normalized spacial score (nSPS) is 13.7. The third kappa shape index (κ3) is 7.10. The molecule has 0 radical (unpaired) electrons. The third-order valence-corrected chi connectivity index (χ3v) is 8.37. The highest BCUT2D eigenvalue weighted by molar-refractivity contribution is 7.90. The molecule has 42 heavy (non-hydrogen) atoms. The van der Waals surface area contributed by atoms with Crippen molar-refractivity contribution in [2.75, 3.05) is 0 Å². The number of benzene rings is 3. The van der Waals surface area contributed by atoms with E-state index in [2.05, 4.69) is 15.6 Å². The van der Waals surface area contributed by atoms with Crippen LogP contribution in [-0.2, 0) is 16.4 Å². The Morgan fingerprint density at radius 1 is 0.952 bits per heavy atom. The molecule has 5 rings (SSSR count). The Morgan fingerprint density at radius 3 is 2.40 bits per heavy atom. The van der Waals surface area contributed by atoms with Crippen molar-refractivity contribution in [2.45, 2.75) is 36.2 Å². The molecule has 1 atom stereocenters. The van der Waals surface area contributed by atoms with E-state index in [9.17, 15) is 26.8 Å². The highest BCUT2D eigenvalue weighted by atomic mass is 35.5. The minimum Gasteiger partial charge on any atom is -0.349 e. The van der Waals surface area contributed by atoms with Gasteiger partial charge in [-0.3, -0.25) is 9.78 Å². The van der Waals surface area contributed by atoms with Gasteiger partial charge in [0.2, 0.25) is 0 Å². The molecule has 1 fully saturated rings. The fourth-order valence-electron chi connectivity index (χ4n) is 4.47. The van der Waals surface area contributed by atoms with Gasteiger partial charge < -0.3 is 10.6 Å². The maximum Gasteiger partial charge on any atom is 0.329 e. The van der Waals surface area contributed by atoms with Gasteiger partial charge in [-0.05, 0) is 72.9 Å². The fraction of sp³-hybridized carbons (Fsp3) is 0.167. The second-order valence-corrected chi connectivity index (χ2v) is 11.9. The number of nitrogens with zero attached hydrogens (tertiary/aromatic N) is 1. The number of rotatable bonds is 9. The van der Waals surface area contributed by atoms with E-state index in [-0.39, 0.29) is 39.5 Å². The average molecular weight is 611 g/mol. The number of hydrogen-bond acceptors (Lipinski definition) is 5. The fourth-order valence-corrected chi connectivity index (χ4v) is 5.91. The first-order valence-corrected chi connectivity index (χ1v) is 14.8. The highest BCUT2D eigenvalue weighted by Gasteiger charge is 2.27. The van der Waals surface area contributed by atoms with Crippen molar-refractivity contribution in [1.82, 2.24) is 20.3 Å². The molecule has 0 bridgehead atoms. The van der Waals surface area contributed by atoms with Gasteiger partial charge in [0.25, 0.3) is 15.9 Å². The predicted molar refractivity (Wildman–Crippen MR) is 153 cm³/mol. The van der Waals surface area contributed by atoms with Crippen molar-refractivity contribution in [1.29, 1.82) is 0 Å². The Morgan fingerprint density at radius 2 is 1.69 bits per heavy atom. The molecule has 1 saturated carbocycles. The Labute approximate surface area is 246 Å². The van der Waals surface area contributed by atoms with Crippen LogP contribution in [0.3, 0.4) is 0 Å². The molecule has 0 aliphatic heterocycles. The SMILES string of the molecule is O=C(NC(Cc1cc(F)cc(F)c1)c1ncccc1-c1cccc(C(=O)NC2CC2)c1)NS(=O)(=O)c1ccccc1Cl. The molecule has 1 aliphatic carbocycles. The zero-order chi connectivity index (χ0) is 29.9. The summed E-state index contributed by atoms with van der Waals surface area (Å²) in [5.41, 5.74) is 2.03. The molecule has 1 unspecified atom stereocenters. The molecule has 1 aliphatic rings. The first kappa shape index (κ1) is 29.2. The summed E-state index contributed by atoms with van der Waals surface area (Å²) in [4.78, 5) is 29.9. The van der Waals surface area contributed by atoms with E-state index < -0.39 is 33.7 Å². The Balaban J connectivity index is 1.49. The van der Waals surface area contributed by atoms with Crippen LogP contribution in [0.15, 0.2) is 90.0 Å². The summed E-state index contributed by atoms with van der Waals surface area (Å²) in [5, 5.41) is 5.45. The van der Waals surface area contributed by atoms with E-state index in [0.717, 1.165) is 31.0 Å². The van der Waals surface area contributed by atoms with Crippen molar-refractivity contribution in [3.05, 3.63) is 119 Å². The number of nitrogens with one attached hydrogen (secondary N) is 3. The van der Waals surface area contributed by atoms with E-state index in [1.165, 1.54) is 24.4 Å². The van der Waals surface area contributed by atoms with E-state index in [1.807, 2.05) is 4.72 Å². The molecule has 216 valence electrons. The molecule has 12 heteroatoms. The Kier molecular flexibility index (Phi) is 8.51. The molecule has 3 N–H and O–H groups in total. The van der Waals surface area contributed by atoms with Crippen molar-refractivity contribution in [3.8, 4) is 11.1 Å². The second-order valence-electron chi connectivity index (χ2n) is 9.81. The van der Waals surface area contributed by atoms with Crippen LogP contribution in [0.25, 0.3) is 11.1 Å². The number of sulfonamides is 1. The number of urea groups is 1. The first-order valence-electron chi connectivity index (χ1n) is 13.0. The predicted octanol–water partition coefficient (Wildman–Crippen LogP) is 5.54. The lowest BCUT2D eigenvalue weighted by Crippen LogP contribution is -2.42. The number of pyridine rings is 1. The molecule has 1 aromatic heterocycles. The summed E-state index contributed by atoms with van der Waals surface area (Å²) < 4.78 is 55.9. The van der Waals surface area contributed by atoms with E-state index in [0.29, 0.717) is 16.7 Å². The van der Waals surface area contributed by atoms with Gasteiger partial charge in [0.15, 0.2) is 0 Å². The summed E-state index contributed by atoms with van der Waals surface area (Å²) in [6, 6.07) is 16.8. The first-order chi connectivity index (χ1) is 20.1. The summed E-state index contributed by atoms with van der Waals surface area (Å²) in [6.07, 6.45) is 3.20. The topological polar surface area (TPSA) is 117 Å². The van der Waals surface area contributed by atoms with Gasteiger partial charge in [-0.2, -0.15) is 0 Å². The lowest BCUT2D eigenvalue weighted by molar-refractivity contribution is 0.0951. The average Bonchev–Trinajstić information content (AvgIpc) is 3.76. The van der Waals surface area contributed by atoms with Crippen molar-refractivity contribution >= 4 is 33.6 Å². The molecular weight excluding hydrogens is 586 g/mol. The van der Waals surface area contributed by atoms with Gasteiger partial charge in [-0.1, -0.05) is 41.9 Å². The summed E-state index contributed by atoms with van der Waals surface area (Å²) in [5.74, 6) is -1.85. The van der Waals surface area contributed by atoms with Crippen LogP contribution in [0.4, 0.5) is 13.6 Å². The molecule has 0 saturated heterocycles. The molecule has 3 aromatic carbocycles. The van der Waals surface area contributed by atoms with Gasteiger partial charge in [0.05, 0.1) is 16.8 Å². The zero-order valence-corrected chi connectivity index (χ0v) is 23.6. The molecule has 3 amide bonds. The number of aromatic nitrogens is 1. The summed E-state index contributed by atoms with van der Waals surface area (Å²) >= 11 is 6.03. The molecule has 4 aromatic rings. The molecule has 1 heterocycles. The van der Waals surface area contributed by atoms with Crippen molar-refractivity contribution in [2.24, 2.45) is 0 Å². The Bertz CT molecular complexity index is 1750. The minimum absolute atomic E-state index is 0.0813. The van der Waals surface area contributed by atoms with Crippen LogP contribution in [0.5, 0.6) is 0 Å². The van der Waals surface area contributed by atoms with E-state index >= 15 is 0 Å². The lowest BCUT2D eigenvalue weighted by atomic mass is 9.94. The van der Waals surface area contributed by atoms with Crippen LogP contribution in [-0.4, -0.2) is 31.4 Å². The van der Waals surface area contributed by atoms with Crippen molar-refractivity contribution in [3.63, 3.8) is 0 Å². The van der Waals surface area contributed by atoms with Gasteiger partial charge in [0.1, 0.15) is 16.5 Å². The summed E-state index contributed by atoms with van der Waals surface area (Å²) in [6.45, 7) is 0. The molecule has 0 spiro atoms. The molecule has 8 nitrogen and oxygen atoms in total. The van der Waals surface area contributed by atoms with E-state index in [4.69, 9.17) is 11.6 Å². The number of amides is 3. The van der Waals surface area contributed by atoms with Crippen LogP contribution < -0.4 is 15.4 Å². The number of hydrogen-bond donors (Lipinski definition) is 3. The number of carbonyl (C=O) groups is 2. The van der Waals surface area contributed by atoms with Crippen LogP contribution in [0, 0.1) is 11.6 Å². The largest absolute Gasteiger partial charge is 0.349 e. The van der Waals surface area contributed by atoms with Crippen LogP contribution in [0.2, 0.25) is 5.02 Å². The van der Waals surface area contributed by atoms with Crippen molar-refractivity contribution < 1.29 is 26.8 Å². The Hall–Kier alpha value is -4.35. The third-order valence-electron chi connectivity index (χ3n) is 6.54. The quantitative estimate of drug-likeness (QED) is 0.230. The van der Waals surface area contributed by atoms with Gasteiger partial charge in [-0.25, -0.2) is 26.7 Å². The van der Waals surface area contributed by atoms with Gasteiger partial charge in [-0.15, -0.1) is 0 Å². The minimum atomic E-state index is -4.37. The second kappa shape index (κ2) is 12.3. The van der Waals surface area contributed by atoms with Crippen LogP contribution >= 0.6 is 11.6 Å². The monoisotopic (exact) mass is 610 g/mol. The smallest absolute Gasteiger partial charge is 0.329 e. The zero-order valence-electron chi connectivity index (χ0n) is 22.0. The van der Waals surface area contributed by atoms with E-state index in [1.54, 1.807) is 42.5 Å².